The third-order valence-electron chi connectivity index (χ3n) is 2.63. The number of benzene rings is 2. The maximum atomic E-state index is 11.9. The summed E-state index contributed by atoms with van der Waals surface area (Å²) < 4.78 is 30.8. The van der Waals surface area contributed by atoms with Crippen LogP contribution in [0.5, 0.6) is 5.75 Å². The number of nitrogens with one attached hydrogen (secondary N) is 2. The van der Waals surface area contributed by atoms with Crippen molar-refractivity contribution in [1.82, 2.24) is 4.72 Å². The average Bonchev–Trinajstić information content (AvgIpc) is 2.48. The highest BCUT2D eigenvalue weighted by molar-refractivity contribution is 7.90. The van der Waals surface area contributed by atoms with E-state index < -0.39 is 16.1 Å². The summed E-state index contributed by atoms with van der Waals surface area (Å²) >= 11 is 0. The molecule has 2 aromatic rings. The fourth-order valence-electron chi connectivity index (χ4n) is 1.61. The molecule has 0 saturated carbocycles. The molecular formula is C14H14N2O4S. The largest absolute Gasteiger partial charge is 0.497 e. The summed E-state index contributed by atoms with van der Waals surface area (Å²) in [5.74, 6) is 0.637. The third-order valence-corrected chi connectivity index (χ3v) is 3.98. The first-order valence-corrected chi connectivity index (χ1v) is 7.52. The molecule has 0 aliphatic heterocycles. The molecule has 0 unspecified atom stereocenters. The highest BCUT2D eigenvalue weighted by Gasteiger charge is 2.16. The molecule has 6 nitrogen and oxygen atoms in total. The molecule has 0 bridgehead atoms. The van der Waals surface area contributed by atoms with Gasteiger partial charge in [0.25, 0.3) is 10.0 Å². The molecule has 2 rings (SSSR count). The lowest BCUT2D eigenvalue weighted by Crippen LogP contribution is -2.34. The van der Waals surface area contributed by atoms with Crippen LogP contribution in [-0.4, -0.2) is 21.6 Å². The van der Waals surface area contributed by atoms with Gasteiger partial charge in [-0.15, -0.1) is 0 Å². The van der Waals surface area contributed by atoms with Gasteiger partial charge in [-0.3, -0.25) is 0 Å². The molecule has 0 spiro atoms. The van der Waals surface area contributed by atoms with Gasteiger partial charge in [0.05, 0.1) is 12.0 Å². The van der Waals surface area contributed by atoms with Gasteiger partial charge in [-0.25, -0.2) is 17.9 Å². The lowest BCUT2D eigenvalue weighted by molar-refractivity contribution is 0.256. The van der Waals surface area contributed by atoms with E-state index in [1.807, 2.05) is 4.72 Å². The Balaban J connectivity index is 2.04. The smallest absolute Gasteiger partial charge is 0.333 e. The van der Waals surface area contributed by atoms with Crippen LogP contribution in [0.4, 0.5) is 10.5 Å². The van der Waals surface area contributed by atoms with E-state index in [1.165, 1.54) is 19.2 Å². The van der Waals surface area contributed by atoms with Crippen LogP contribution in [0.1, 0.15) is 0 Å². The highest BCUT2D eigenvalue weighted by Crippen LogP contribution is 2.15. The number of amides is 2. The van der Waals surface area contributed by atoms with Crippen LogP contribution in [0.25, 0.3) is 0 Å². The van der Waals surface area contributed by atoms with E-state index in [0.29, 0.717) is 11.4 Å². The van der Waals surface area contributed by atoms with Crippen molar-refractivity contribution >= 4 is 21.7 Å². The minimum absolute atomic E-state index is 0.0230. The summed E-state index contributed by atoms with van der Waals surface area (Å²) in [5.41, 5.74) is 0.455. The van der Waals surface area contributed by atoms with Crippen LogP contribution in [0.15, 0.2) is 59.5 Å². The lowest BCUT2D eigenvalue weighted by atomic mass is 10.3. The van der Waals surface area contributed by atoms with Gasteiger partial charge in [-0.1, -0.05) is 18.2 Å². The van der Waals surface area contributed by atoms with Crippen molar-refractivity contribution in [3.8, 4) is 5.75 Å². The topological polar surface area (TPSA) is 84.5 Å². The summed E-state index contributed by atoms with van der Waals surface area (Å²) in [7, 11) is -2.35. The van der Waals surface area contributed by atoms with Crippen LogP contribution in [-0.2, 0) is 10.0 Å². The van der Waals surface area contributed by atoms with Crippen molar-refractivity contribution in [2.45, 2.75) is 4.90 Å². The molecule has 0 atom stereocenters. The molecule has 21 heavy (non-hydrogen) atoms. The molecule has 0 aromatic heterocycles. The number of hydrogen-bond acceptors (Lipinski definition) is 4. The molecule has 7 heteroatoms. The summed E-state index contributed by atoms with van der Waals surface area (Å²) in [5, 5.41) is 2.43. The Bertz CT molecular complexity index is 712. The summed E-state index contributed by atoms with van der Waals surface area (Å²) in [6.07, 6.45) is 0. The van der Waals surface area contributed by atoms with E-state index in [0.717, 1.165) is 0 Å². The SMILES string of the molecule is COc1ccc(NC(=O)NS(=O)(=O)c2ccccc2)cc1. The molecule has 0 saturated heterocycles. The molecule has 0 aliphatic carbocycles. The van der Waals surface area contributed by atoms with Gasteiger partial charge in [0.2, 0.25) is 0 Å². The first kappa shape index (κ1) is 14.9. The quantitative estimate of drug-likeness (QED) is 0.907. The number of carbonyl (C=O) groups excluding carboxylic acids is 1. The molecule has 2 aromatic carbocycles. The minimum Gasteiger partial charge on any atom is -0.497 e. The fourth-order valence-corrected chi connectivity index (χ4v) is 2.54. The van der Waals surface area contributed by atoms with Crippen molar-refractivity contribution in [1.29, 1.82) is 0 Å². The van der Waals surface area contributed by atoms with Gasteiger partial charge in [0.1, 0.15) is 5.75 Å². The standard InChI is InChI=1S/C14H14N2O4S/c1-20-12-9-7-11(8-10-12)15-14(17)16-21(18,19)13-5-3-2-4-6-13/h2-10H,1H3,(H2,15,16,17). The monoisotopic (exact) mass is 306 g/mol. The molecule has 0 radical (unpaired) electrons. The highest BCUT2D eigenvalue weighted by atomic mass is 32.2. The summed E-state index contributed by atoms with van der Waals surface area (Å²) in [6.45, 7) is 0. The number of methoxy groups -OCH3 is 1. The van der Waals surface area contributed by atoms with Gasteiger partial charge >= 0.3 is 6.03 Å². The average molecular weight is 306 g/mol. The second-order valence-electron chi connectivity index (χ2n) is 4.10. The van der Waals surface area contributed by atoms with Crippen molar-refractivity contribution in [2.75, 3.05) is 12.4 Å². The van der Waals surface area contributed by atoms with Crippen LogP contribution >= 0.6 is 0 Å². The summed E-state index contributed by atoms with van der Waals surface area (Å²) in [6, 6.07) is 13.3. The maximum absolute atomic E-state index is 11.9. The lowest BCUT2D eigenvalue weighted by Gasteiger charge is -2.09. The van der Waals surface area contributed by atoms with E-state index in [2.05, 4.69) is 5.32 Å². The molecule has 0 fully saturated rings. The van der Waals surface area contributed by atoms with E-state index >= 15 is 0 Å². The maximum Gasteiger partial charge on any atom is 0.333 e. The van der Waals surface area contributed by atoms with E-state index in [1.54, 1.807) is 42.5 Å². The van der Waals surface area contributed by atoms with Crippen molar-refractivity contribution in [2.24, 2.45) is 0 Å². The molecular weight excluding hydrogens is 292 g/mol. The predicted octanol–water partition coefficient (Wildman–Crippen LogP) is 2.21. The zero-order valence-corrected chi connectivity index (χ0v) is 12.1. The third kappa shape index (κ3) is 3.96. The second kappa shape index (κ2) is 6.27. The molecule has 0 aliphatic rings. The van der Waals surface area contributed by atoms with Gasteiger partial charge in [0.15, 0.2) is 0 Å². The molecule has 110 valence electrons. The summed E-state index contributed by atoms with van der Waals surface area (Å²) in [4.78, 5) is 11.7. The molecule has 0 heterocycles. The predicted molar refractivity (Wildman–Crippen MR) is 78.8 cm³/mol. The van der Waals surface area contributed by atoms with Crippen LogP contribution < -0.4 is 14.8 Å². The Morgan fingerprint density at radius 1 is 1.00 bits per heavy atom. The number of hydrogen-bond donors (Lipinski definition) is 2. The Hall–Kier alpha value is -2.54. The van der Waals surface area contributed by atoms with Gasteiger partial charge in [-0.05, 0) is 36.4 Å². The van der Waals surface area contributed by atoms with Gasteiger partial charge < -0.3 is 10.1 Å². The zero-order valence-electron chi connectivity index (χ0n) is 11.2. The Morgan fingerprint density at radius 3 is 2.19 bits per heavy atom. The number of urea groups is 1. The van der Waals surface area contributed by atoms with E-state index in [4.69, 9.17) is 4.74 Å². The fraction of sp³-hybridized carbons (Fsp3) is 0.0714. The Morgan fingerprint density at radius 2 is 1.62 bits per heavy atom. The number of anilines is 1. The Kier molecular flexibility index (Phi) is 4.44. The minimum atomic E-state index is -3.88. The number of rotatable bonds is 4. The van der Waals surface area contributed by atoms with Crippen LogP contribution in [0.3, 0.4) is 0 Å². The number of carbonyl (C=O) groups is 1. The van der Waals surface area contributed by atoms with Crippen molar-refractivity contribution < 1.29 is 17.9 Å². The molecule has 2 N–H and O–H groups in total. The molecule has 2 amide bonds. The van der Waals surface area contributed by atoms with Crippen LogP contribution in [0, 0.1) is 0 Å². The normalized spacial score (nSPS) is 10.7. The van der Waals surface area contributed by atoms with Crippen molar-refractivity contribution in [3.63, 3.8) is 0 Å². The van der Waals surface area contributed by atoms with E-state index in [9.17, 15) is 13.2 Å². The van der Waals surface area contributed by atoms with Crippen LogP contribution in [0.2, 0.25) is 0 Å². The first-order chi connectivity index (χ1) is 10.0. The number of ether oxygens (including phenoxy) is 1. The van der Waals surface area contributed by atoms with Crippen molar-refractivity contribution in [3.05, 3.63) is 54.6 Å². The zero-order chi connectivity index (χ0) is 15.3. The first-order valence-electron chi connectivity index (χ1n) is 6.04. The van der Waals surface area contributed by atoms with Gasteiger partial charge in [0, 0.05) is 5.69 Å². The Labute approximate surface area is 122 Å². The van der Waals surface area contributed by atoms with Gasteiger partial charge in [-0.2, -0.15) is 0 Å². The number of sulfonamides is 1. The van der Waals surface area contributed by atoms with E-state index in [-0.39, 0.29) is 4.90 Å². The second-order valence-corrected chi connectivity index (χ2v) is 5.78.